The minimum Gasteiger partial charge on any atom is -0.480 e. The second-order valence-corrected chi connectivity index (χ2v) is 4.17. The van der Waals surface area contributed by atoms with E-state index in [0.717, 1.165) is 16.6 Å². The summed E-state index contributed by atoms with van der Waals surface area (Å²) in [4.78, 5) is 8.48. The van der Waals surface area contributed by atoms with Crippen LogP contribution in [0.5, 0.6) is 5.88 Å². The zero-order chi connectivity index (χ0) is 11.8. The summed E-state index contributed by atoms with van der Waals surface area (Å²) in [5.41, 5.74) is 1.46. The Hall–Kier alpha value is -1.68. The quantitative estimate of drug-likeness (QED) is 0.836. The van der Waals surface area contributed by atoms with Crippen LogP contribution in [0.4, 0.5) is 0 Å². The molecular formula is C12H14N2O2. The molecule has 0 spiro atoms. The number of nitrogens with zero attached hydrogens (tertiary/aromatic N) is 2. The smallest absolute Gasteiger partial charge is 0.232 e. The lowest BCUT2D eigenvalue weighted by Gasteiger charge is -2.17. The van der Waals surface area contributed by atoms with Crippen molar-refractivity contribution in [1.29, 1.82) is 0 Å². The first-order valence-corrected chi connectivity index (χ1v) is 5.04. The Bertz CT molecular complexity index is 518. The summed E-state index contributed by atoms with van der Waals surface area (Å²) >= 11 is 0. The predicted molar refractivity (Wildman–Crippen MR) is 61.3 cm³/mol. The summed E-state index contributed by atoms with van der Waals surface area (Å²) < 4.78 is 5.00. The number of hydrogen-bond donors (Lipinski definition) is 1. The first-order valence-electron chi connectivity index (χ1n) is 5.04. The van der Waals surface area contributed by atoms with Gasteiger partial charge in [0, 0.05) is 0 Å². The van der Waals surface area contributed by atoms with Crippen LogP contribution in [0, 0.1) is 0 Å². The molecule has 1 heterocycles. The van der Waals surface area contributed by atoms with Gasteiger partial charge in [-0.05, 0) is 31.5 Å². The summed E-state index contributed by atoms with van der Waals surface area (Å²) in [6, 6.07) is 5.51. The van der Waals surface area contributed by atoms with Crippen LogP contribution in [0.25, 0.3) is 11.0 Å². The Labute approximate surface area is 93.9 Å². The summed E-state index contributed by atoms with van der Waals surface area (Å²) in [6.45, 7) is 3.48. The lowest BCUT2D eigenvalue weighted by atomic mass is 9.98. The standard InChI is InChI=1S/C12H14N2O2/c1-12(2,15)8-4-5-9-10(6-8)13-7-11(14-9)16-3/h4-7,15H,1-3H3. The first-order chi connectivity index (χ1) is 7.50. The van der Waals surface area contributed by atoms with Crippen LogP contribution >= 0.6 is 0 Å². The van der Waals surface area contributed by atoms with Gasteiger partial charge in [-0.15, -0.1) is 0 Å². The summed E-state index contributed by atoms with van der Waals surface area (Å²) in [7, 11) is 1.56. The molecule has 0 aliphatic heterocycles. The Balaban J connectivity index is 2.56. The lowest BCUT2D eigenvalue weighted by molar-refractivity contribution is 0.0787. The Kier molecular flexibility index (Phi) is 2.52. The molecule has 0 saturated heterocycles. The molecule has 1 aromatic heterocycles. The van der Waals surface area contributed by atoms with E-state index in [2.05, 4.69) is 9.97 Å². The van der Waals surface area contributed by atoms with Crippen molar-refractivity contribution >= 4 is 11.0 Å². The van der Waals surface area contributed by atoms with E-state index in [9.17, 15) is 5.11 Å². The highest BCUT2D eigenvalue weighted by molar-refractivity contribution is 5.75. The van der Waals surface area contributed by atoms with Gasteiger partial charge in [0.05, 0.1) is 29.9 Å². The number of benzene rings is 1. The monoisotopic (exact) mass is 218 g/mol. The average Bonchev–Trinajstić information content (AvgIpc) is 2.26. The van der Waals surface area contributed by atoms with E-state index >= 15 is 0 Å². The van der Waals surface area contributed by atoms with Crippen molar-refractivity contribution in [3.8, 4) is 5.88 Å². The summed E-state index contributed by atoms with van der Waals surface area (Å²) in [5.74, 6) is 0.489. The highest BCUT2D eigenvalue weighted by Crippen LogP contribution is 2.23. The number of aromatic nitrogens is 2. The van der Waals surface area contributed by atoms with Crippen molar-refractivity contribution in [2.24, 2.45) is 0 Å². The highest BCUT2D eigenvalue weighted by atomic mass is 16.5. The van der Waals surface area contributed by atoms with E-state index in [1.807, 2.05) is 18.2 Å². The third-order valence-electron chi connectivity index (χ3n) is 2.44. The van der Waals surface area contributed by atoms with Gasteiger partial charge in [0.25, 0.3) is 0 Å². The second kappa shape index (κ2) is 3.72. The fourth-order valence-electron chi connectivity index (χ4n) is 1.47. The molecule has 1 aromatic carbocycles. The van der Waals surface area contributed by atoms with Crippen LogP contribution in [0.2, 0.25) is 0 Å². The van der Waals surface area contributed by atoms with Crippen molar-refractivity contribution in [2.75, 3.05) is 7.11 Å². The van der Waals surface area contributed by atoms with Crippen molar-refractivity contribution in [1.82, 2.24) is 9.97 Å². The molecule has 0 unspecified atom stereocenters. The van der Waals surface area contributed by atoms with E-state index in [0.29, 0.717) is 5.88 Å². The van der Waals surface area contributed by atoms with Crippen molar-refractivity contribution < 1.29 is 9.84 Å². The Morgan fingerprint density at radius 1 is 1.25 bits per heavy atom. The number of hydrogen-bond acceptors (Lipinski definition) is 4. The molecule has 2 rings (SSSR count). The van der Waals surface area contributed by atoms with Crippen molar-refractivity contribution in [3.05, 3.63) is 30.0 Å². The highest BCUT2D eigenvalue weighted by Gasteiger charge is 2.16. The first kappa shape index (κ1) is 10.8. The zero-order valence-corrected chi connectivity index (χ0v) is 9.56. The molecule has 0 fully saturated rings. The van der Waals surface area contributed by atoms with Crippen LogP contribution in [-0.2, 0) is 5.60 Å². The van der Waals surface area contributed by atoms with Gasteiger partial charge in [-0.25, -0.2) is 9.97 Å². The Morgan fingerprint density at radius 2 is 2.00 bits per heavy atom. The number of aliphatic hydroxyl groups is 1. The van der Waals surface area contributed by atoms with Crippen molar-refractivity contribution in [2.45, 2.75) is 19.4 Å². The van der Waals surface area contributed by atoms with E-state index in [4.69, 9.17) is 4.74 Å². The number of fused-ring (bicyclic) bond motifs is 1. The van der Waals surface area contributed by atoms with Gasteiger partial charge in [0.15, 0.2) is 0 Å². The van der Waals surface area contributed by atoms with Crippen molar-refractivity contribution in [3.63, 3.8) is 0 Å². The largest absolute Gasteiger partial charge is 0.480 e. The van der Waals surface area contributed by atoms with E-state index < -0.39 is 5.60 Å². The van der Waals surface area contributed by atoms with E-state index in [1.54, 1.807) is 27.2 Å². The lowest BCUT2D eigenvalue weighted by Crippen LogP contribution is -2.15. The molecule has 0 aliphatic rings. The molecule has 1 N–H and O–H groups in total. The van der Waals surface area contributed by atoms with E-state index in [1.165, 1.54) is 0 Å². The SMILES string of the molecule is COc1cnc2cc(C(C)(C)O)ccc2n1. The molecule has 0 bridgehead atoms. The van der Waals surface area contributed by atoms with Crippen LogP contribution in [0.1, 0.15) is 19.4 Å². The molecule has 0 saturated carbocycles. The molecule has 0 radical (unpaired) electrons. The Morgan fingerprint density at radius 3 is 2.62 bits per heavy atom. The summed E-state index contributed by atoms with van der Waals surface area (Å²) in [5, 5.41) is 9.88. The van der Waals surface area contributed by atoms with Crippen LogP contribution < -0.4 is 4.74 Å². The fraction of sp³-hybridized carbons (Fsp3) is 0.333. The maximum Gasteiger partial charge on any atom is 0.232 e. The molecule has 4 heteroatoms. The summed E-state index contributed by atoms with van der Waals surface area (Å²) in [6.07, 6.45) is 1.57. The minimum absolute atomic E-state index is 0.489. The van der Waals surface area contributed by atoms with Crippen LogP contribution in [0.3, 0.4) is 0 Å². The second-order valence-electron chi connectivity index (χ2n) is 4.17. The molecular weight excluding hydrogens is 204 g/mol. The van der Waals surface area contributed by atoms with E-state index in [-0.39, 0.29) is 0 Å². The maximum absolute atomic E-state index is 9.88. The number of methoxy groups -OCH3 is 1. The van der Waals surface area contributed by atoms with Gasteiger partial charge in [-0.1, -0.05) is 6.07 Å². The molecule has 84 valence electrons. The van der Waals surface area contributed by atoms with Gasteiger partial charge in [0.1, 0.15) is 0 Å². The van der Waals surface area contributed by atoms with Crippen LogP contribution in [0.15, 0.2) is 24.4 Å². The third-order valence-corrected chi connectivity index (χ3v) is 2.44. The maximum atomic E-state index is 9.88. The average molecular weight is 218 g/mol. The number of ether oxygens (including phenoxy) is 1. The van der Waals surface area contributed by atoms with Gasteiger partial charge in [0.2, 0.25) is 5.88 Å². The topological polar surface area (TPSA) is 55.2 Å². The molecule has 16 heavy (non-hydrogen) atoms. The van der Waals surface area contributed by atoms with Gasteiger partial charge >= 0.3 is 0 Å². The van der Waals surface area contributed by atoms with Gasteiger partial charge < -0.3 is 9.84 Å². The van der Waals surface area contributed by atoms with Gasteiger partial charge in [-0.2, -0.15) is 0 Å². The fourth-order valence-corrected chi connectivity index (χ4v) is 1.47. The zero-order valence-electron chi connectivity index (χ0n) is 9.56. The minimum atomic E-state index is -0.865. The molecule has 0 atom stereocenters. The number of rotatable bonds is 2. The molecule has 2 aromatic rings. The normalized spacial score (nSPS) is 11.8. The third kappa shape index (κ3) is 1.97. The molecule has 4 nitrogen and oxygen atoms in total. The van der Waals surface area contributed by atoms with Crippen LogP contribution in [-0.4, -0.2) is 22.2 Å². The molecule has 0 amide bonds. The molecule has 0 aliphatic carbocycles. The predicted octanol–water partition coefficient (Wildman–Crippen LogP) is 1.87. The van der Waals surface area contributed by atoms with Gasteiger partial charge in [-0.3, -0.25) is 0 Å².